The zero-order valence-electron chi connectivity index (χ0n) is 37.9. The first kappa shape index (κ1) is 44.6. The molecule has 2 heterocycles. The number of ether oxygens (including phenoxy) is 1. The van der Waals surface area contributed by atoms with Crippen LogP contribution in [-0.4, -0.2) is 9.97 Å². The fourth-order valence-corrected chi connectivity index (χ4v) is 12.4. The summed E-state index contributed by atoms with van der Waals surface area (Å²) < 4.78 is 6.73. The van der Waals surface area contributed by atoms with Gasteiger partial charge in [0.25, 0.3) is 0 Å². The Kier molecular flexibility index (Phi) is 19.1. The Bertz CT molecular complexity index is 1280. The van der Waals surface area contributed by atoms with Gasteiger partial charge in [-0.25, -0.2) is 0 Å². The first-order valence-corrected chi connectivity index (χ1v) is 25.7. The third kappa shape index (κ3) is 14.1. The van der Waals surface area contributed by atoms with Gasteiger partial charge in [-0.15, -0.1) is 0 Å². The van der Waals surface area contributed by atoms with Crippen molar-refractivity contribution in [2.45, 2.75) is 233 Å². The van der Waals surface area contributed by atoms with E-state index < -0.39 is 0 Å². The van der Waals surface area contributed by atoms with Crippen LogP contribution in [0.1, 0.15) is 230 Å². The molecule has 0 amide bonds. The maximum Gasteiger partial charge on any atom is 0.146 e. The summed E-state index contributed by atoms with van der Waals surface area (Å²) in [7, 11) is 0. The second-order valence-corrected chi connectivity index (χ2v) is 20.4. The number of pyridine rings is 2. The van der Waals surface area contributed by atoms with Crippen LogP contribution in [0.25, 0.3) is 0 Å². The van der Waals surface area contributed by atoms with Crippen LogP contribution in [0, 0.1) is 47.3 Å². The van der Waals surface area contributed by atoms with Gasteiger partial charge < -0.3 is 4.74 Å². The lowest BCUT2D eigenvalue weighted by atomic mass is 9.68. The molecule has 0 spiro atoms. The van der Waals surface area contributed by atoms with Crippen molar-refractivity contribution >= 4 is 0 Å². The Hall–Kier alpha value is -1.90. The van der Waals surface area contributed by atoms with Gasteiger partial charge in [0.15, 0.2) is 0 Å². The van der Waals surface area contributed by atoms with Crippen molar-refractivity contribution in [3.8, 4) is 11.5 Å². The van der Waals surface area contributed by atoms with Crippen molar-refractivity contribution in [1.82, 2.24) is 9.97 Å². The zero-order chi connectivity index (χ0) is 39.7. The predicted octanol–water partition coefficient (Wildman–Crippen LogP) is 16.4. The van der Waals surface area contributed by atoms with Gasteiger partial charge >= 0.3 is 0 Å². The molecule has 0 aromatic carbocycles. The molecule has 4 aliphatic rings. The molecule has 2 aromatic rings. The molecule has 4 aliphatic carbocycles. The molecule has 0 saturated heterocycles. The van der Waals surface area contributed by atoms with Crippen LogP contribution in [0.4, 0.5) is 0 Å². The first-order valence-electron chi connectivity index (χ1n) is 25.7. The van der Waals surface area contributed by atoms with Crippen LogP contribution in [-0.2, 0) is 25.7 Å². The Morgan fingerprint density at radius 2 is 0.754 bits per heavy atom. The lowest BCUT2D eigenvalue weighted by Crippen LogP contribution is -2.26. The standard InChI is InChI=1S/C54H88N2O/c1-5-9-13-17-53-49(35-43-23-31-47(32-24-43)45-27-19-41(20-28-45)15-11-7-3)37-51(39-55-53)57-52-38-50(54(56-40-52)18-14-10-6-2)36-44-25-33-48(34-26-44)46-29-21-42(22-30-46)16-12-8-4/h37-48H,5-36H2,1-4H3. The lowest BCUT2D eigenvalue weighted by Gasteiger charge is -2.38. The van der Waals surface area contributed by atoms with E-state index in [0.717, 1.165) is 71.7 Å². The third-order valence-corrected chi connectivity index (χ3v) is 16.2. The van der Waals surface area contributed by atoms with E-state index in [1.165, 1.54) is 215 Å². The van der Waals surface area contributed by atoms with E-state index in [4.69, 9.17) is 14.7 Å². The summed E-state index contributed by atoms with van der Waals surface area (Å²) in [4.78, 5) is 10.3. The highest BCUT2D eigenvalue weighted by atomic mass is 16.5. The van der Waals surface area contributed by atoms with Gasteiger partial charge in [0.05, 0.1) is 12.4 Å². The number of unbranched alkanes of at least 4 members (excludes halogenated alkanes) is 6. The second kappa shape index (κ2) is 24.4. The molecular weight excluding hydrogens is 693 g/mol. The Morgan fingerprint density at radius 3 is 1.09 bits per heavy atom. The molecule has 0 N–H and O–H groups in total. The maximum absolute atomic E-state index is 6.73. The summed E-state index contributed by atoms with van der Waals surface area (Å²) in [6.45, 7) is 9.32. The fourth-order valence-electron chi connectivity index (χ4n) is 12.4. The number of nitrogens with zero attached hydrogens (tertiary/aromatic N) is 2. The van der Waals surface area contributed by atoms with Crippen LogP contribution in [0.2, 0.25) is 0 Å². The summed E-state index contributed by atoms with van der Waals surface area (Å²) in [5.41, 5.74) is 5.57. The largest absolute Gasteiger partial charge is 0.454 e. The van der Waals surface area contributed by atoms with Crippen molar-refractivity contribution in [3.63, 3.8) is 0 Å². The predicted molar refractivity (Wildman–Crippen MR) is 243 cm³/mol. The average molecular weight is 781 g/mol. The van der Waals surface area contributed by atoms with E-state index in [-0.39, 0.29) is 0 Å². The number of rotatable bonds is 22. The minimum atomic E-state index is 0.788. The van der Waals surface area contributed by atoms with Crippen molar-refractivity contribution in [2.75, 3.05) is 0 Å². The number of hydrogen-bond donors (Lipinski definition) is 0. The van der Waals surface area contributed by atoms with E-state index >= 15 is 0 Å². The Balaban J connectivity index is 1.06. The smallest absolute Gasteiger partial charge is 0.146 e. The monoisotopic (exact) mass is 781 g/mol. The molecule has 0 bridgehead atoms. The van der Waals surface area contributed by atoms with Gasteiger partial charge in [-0.1, -0.05) is 118 Å². The highest BCUT2D eigenvalue weighted by Gasteiger charge is 2.33. The van der Waals surface area contributed by atoms with E-state index in [9.17, 15) is 0 Å². The molecule has 0 unspecified atom stereocenters. The summed E-state index contributed by atoms with van der Waals surface area (Å²) in [5.74, 6) is 9.41. The van der Waals surface area contributed by atoms with Crippen molar-refractivity contribution in [2.24, 2.45) is 47.3 Å². The summed E-state index contributed by atoms with van der Waals surface area (Å²) in [6.07, 6.45) is 48.1. The molecule has 0 atom stereocenters. The van der Waals surface area contributed by atoms with Crippen LogP contribution in [0.3, 0.4) is 0 Å². The summed E-state index contributed by atoms with van der Waals surface area (Å²) >= 11 is 0. The second-order valence-electron chi connectivity index (χ2n) is 20.4. The third-order valence-electron chi connectivity index (χ3n) is 16.2. The Labute approximate surface area is 352 Å². The minimum Gasteiger partial charge on any atom is -0.454 e. The van der Waals surface area contributed by atoms with Gasteiger partial charge in [-0.2, -0.15) is 0 Å². The SMILES string of the molecule is CCCCCc1ncc(Oc2cnc(CCCCC)c(CC3CCC(C4CCC(CCCC)CC4)CC3)c2)cc1CC1CCC(C2CCC(CCCC)CC2)CC1. The quantitative estimate of drug-likeness (QED) is 0.112. The molecule has 3 nitrogen and oxygen atoms in total. The number of aromatic nitrogens is 2. The fraction of sp³-hybridized carbons (Fsp3) is 0.815. The molecule has 3 heteroatoms. The van der Waals surface area contributed by atoms with E-state index in [0.29, 0.717) is 0 Å². The molecule has 0 aliphatic heterocycles. The van der Waals surface area contributed by atoms with Crippen LogP contribution in [0.5, 0.6) is 11.5 Å². The molecule has 4 fully saturated rings. The molecule has 57 heavy (non-hydrogen) atoms. The number of hydrogen-bond acceptors (Lipinski definition) is 3. The van der Waals surface area contributed by atoms with Gasteiger partial charge in [0.2, 0.25) is 0 Å². The molecule has 320 valence electrons. The first-order chi connectivity index (χ1) is 28.0. The zero-order valence-corrected chi connectivity index (χ0v) is 37.9. The van der Waals surface area contributed by atoms with Crippen molar-refractivity contribution in [3.05, 3.63) is 47.0 Å². The van der Waals surface area contributed by atoms with Gasteiger partial charge in [0, 0.05) is 11.4 Å². The normalized spacial score (nSPS) is 28.4. The molecular formula is C54H88N2O. The molecule has 4 saturated carbocycles. The Morgan fingerprint density at radius 1 is 0.421 bits per heavy atom. The minimum absolute atomic E-state index is 0.788. The summed E-state index contributed by atoms with van der Waals surface area (Å²) in [5, 5.41) is 0. The van der Waals surface area contributed by atoms with E-state index in [1.54, 1.807) is 0 Å². The van der Waals surface area contributed by atoms with Gasteiger partial charge in [0.1, 0.15) is 11.5 Å². The van der Waals surface area contributed by atoms with E-state index in [2.05, 4.69) is 39.8 Å². The van der Waals surface area contributed by atoms with Gasteiger partial charge in [-0.3, -0.25) is 9.97 Å². The topological polar surface area (TPSA) is 35.0 Å². The average Bonchev–Trinajstić information content (AvgIpc) is 3.25. The van der Waals surface area contributed by atoms with Crippen LogP contribution >= 0.6 is 0 Å². The van der Waals surface area contributed by atoms with Gasteiger partial charge in [-0.05, 0) is 186 Å². The molecule has 6 rings (SSSR count). The maximum atomic E-state index is 6.73. The highest BCUT2D eigenvalue weighted by Crippen LogP contribution is 2.45. The van der Waals surface area contributed by atoms with Crippen LogP contribution < -0.4 is 4.74 Å². The highest BCUT2D eigenvalue weighted by molar-refractivity contribution is 5.36. The van der Waals surface area contributed by atoms with Crippen LogP contribution in [0.15, 0.2) is 24.5 Å². The molecule has 0 radical (unpaired) electrons. The van der Waals surface area contributed by atoms with Crippen molar-refractivity contribution < 1.29 is 4.74 Å². The summed E-state index contributed by atoms with van der Waals surface area (Å²) in [6, 6.07) is 4.76. The van der Waals surface area contributed by atoms with E-state index in [1.807, 2.05) is 12.4 Å². The molecule has 2 aromatic heterocycles. The van der Waals surface area contributed by atoms with Crippen molar-refractivity contribution in [1.29, 1.82) is 0 Å². The number of aryl methyl sites for hydroxylation is 2. The lowest BCUT2D eigenvalue weighted by molar-refractivity contribution is 0.143.